The lowest BCUT2D eigenvalue weighted by atomic mass is 10.0. The van der Waals surface area contributed by atoms with E-state index in [4.69, 9.17) is 0 Å². The SMILES string of the molecule is Fc1ccc(C(Br)c2c(F)cc(Br)cc2F)cc1F. The summed E-state index contributed by atoms with van der Waals surface area (Å²) in [6.07, 6.45) is 0. The molecule has 0 nitrogen and oxygen atoms in total. The molecule has 0 radical (unpaired) electrons. The molecule has 0 spiro atoms. The smallest absolute Gasteiger partial charge is 0.159 e. The Bertz CT molecular complexity index is 605. The van der Waals surface area contributed by atoms with Crippen LogP contribution in [-0.4, -0.2) is 0 Å². The van der Waals surface area contributed by atoms with E-state index in [1.165, 1.54) is 6.07 Å². The Kier molecular flexibility index (Phi) is 4.30. The molecule has 0 aliphatic rings. The first kappa shape index (κ1) is 14.5. The maximum absolute atomic E-state index is 13.8. The van der Waals surface area contributed by atoms with E-state index in [9.17, 15) is 17.6 Å². The quantitative estimate of drug-likeness (QED) is 0.464. The summed E-state index contributed by atoms with van der Waals surface area (Å²) in [7, 11) is 0. The van der Waals surface area contributed by atoms with Crippen LogP contribution in [0.2, 0.25) is 0 Å². The summed E-state index contributed by atoms with van der Waals surface area (Å²) in [4.78, 5) is -0.907. The van der Waals surface area contributed by atoms with E-state index >= 15 is 0 Å². The van der Waals surface area contributed by atoms with Gasteiger partial charge in [-0.05, 0) is 29.8 Å². The topological polar surface area (TPSA) is 0 Å². The summed E-state index contributed by atoms with van der Waals surface area (Å²) in [6.45, 7) is 0. The molecule has 0 fully saturated rings. The van der Waals surface area contributed by atoms with Gasteiger partial charge in [-0.3, -0.25) is 0 Å². The summed E-state index contributed by atoms with van der Waals surface area (Å²) < 4.78 is 53.7. The fourth-order valence-electron chi connectivity index (χ4n) is 1.63. The molecule has 100 valence electrons. The third-order valence-corrected chi connectivity index (χ3v) is 3.98. The summed E-state index contributed by atoms with van der Waals surface area (Å²) >= 11 is 6.06. The second kappa shape index (κ2) is 5.63. The number of hydrogen-bond acceptors (Lipinski definition) is 0. The number of halogens is 6. The molecule has 0 saturated carbocycles. The minimum absolute atomic E-state index is 0.221. The summed E-state index contributed by atoms with van der Waals surface area (Å²) in [5.41, 5.74) is -0.0340. The van der Waals surface area contributed by atoms with Crippen LogP contribution >= 0.6 is 31.9 Å². The molecule has 0 aliphatic heterocycles. The van der Waals surface area contributed by atoms with Crippen LogP contribution in [0, 0.1) is 23.3 Å². The Balaban J connectivity index is 2.49. The van der Waals surface area contributed by atoms with E-state index in [2.05, 4.69) is 31.9 Å². The van der Waals surface area contributed by atoms with E-state index in [1.54, 1.807) is 0 Å². The molecule has 2 aromatic rings. The zero-order valence-electron chi connectivity index (χ0n) is 9.23. The summed E-state index contributed by atoms with van der Waals surface area (Å²) in [5.74, 6) is -3.64. The van der Waals surface area contributed by atoms with Gasteiger partial charge in [-0.1, -0.05) is 37.9 Å². The van der Waals surface area contributed by atoms with Crippen molar-refractivity contribution in [2.45, 2.75) is 4.83 Å². The van der Waals surface area contributed by atoms with Gasteiger partial charge in [0.1, 0.15) is 11.6 Å². The summed E-state index contributed by atoms with van der Waals surface area (Å²) in [6, 6.07) is 5.28. The average molecular weight is 398 g/mol. The molecule has 2 aromatic carbocycles. The highest BCUT2D eigenvalue weighted by Gasteiger charge is 2.21. The molecule has 0 N–H and O–H groups in total. The van der Waals surface area contributed by atoms with Gasteiger partial charge in [0.2, 0.25) is 0 Å². The maximum atomic E-state index is 13.8. The van der Waals surface area contributed by atoms with Crippen LogP contribution < -0.4 is 0 Å². The van der Waals surface area contributed by atoms with Gasteiger partial charge in [0.15, 0.2) is 11.6 Å². The Labute approximate surface area is 123 Å². The number of benzene rings is 2. The van der Waals surface area contributed by atoms with Crippen molar-refractivity contribution < 1.29 is 17.6 Å². The van der Waals surface area contributed by atoms with Crippen molar-refractivity contribution in [2.24, 2.45) is 0 Å². The van der Waals surface area contributed by atoms with Crippen LogP contribution in [0.3, 0.4) is 0 Å². The van der Waals surface area contributed by atoms with Gasteiger partial charge in [-0.2, -0.15) is 0 Å². The van der Waals surface area contributed by atoms with Crippen molar-refractivity contribution in [1.82, 2.24) is 0 Å². The van der Waals surface area contributed by atoms with Crippen LogP contribution in [0.4, 0.5) is 17.6 Å². The fraction of sp³-hybridized carbons (Fsp3) is 0.0769. The standard InChI is InChI=1S/C13H6Br2F4/c14-7-4-10(18)12(11(19)5-7)13(15)6-1-2-8(16)9(17)3-6/h1-5,13H. The van der Waals surface area contributed by atoms with Crippen LogP contribution in [0.5, 0.6) is 0 Å². The van der Waals surface area contributed by atoms with Gasteiger partial charge in [0.05, 0.1) is 4.83 Å². The van der Waals surface area contributed by atoms with Gasteiger partial charge in [0.25, 0.3) is 0 Å². The molecule has 19 heavy (non-hydrogen) atoms. The second-order valence-electron chi connectivity index (χ2n) is 3.82. The zero-order chi connectivity index (χ0) is 14.2. The minimum Gasteiger partial charge on any atom is -0.206 e. The number of alkyl halides is 1. The average Bonchev–Trinajstić information content (AvgIpc) is 2.31. The first-order valence-electron chi connectivity index (χ1n) is 5.13. The van der Waals surface area contributed by atoms with Crippen molar-refractivity contribution >= 4 is 31.9 Å². The van der Waals surface area contributed by atoms with Gasteiger partial charge >= 0.3 is 0 Å². The van der Waals surface area contributed by atoms with Crippen molar-refractivity contribution in [3.63, 3.8) is 0 Å². The Hall–Kier alpha value is -0.880. The molecule has 0 aliphatic carbocycles. The fourth-order valence-corrected chi connectivity index (χ4v) is 2.76. The molecule has 0 heterocycles. The highest BCUT2D eigenvalue weighted by molar-refractivity contribution is 9.10. The normalized spacial score (nSPS) is 12.5. The van der Waals surface area contributed by atoms with Crippen molar-refractivity contribution in [3.05, 3.63) is 69.2 Å². The molecule has 2 rings (SSSR count). The number of hydrogen-bond donors (Lipinski definition) is 0. The predicted molar refractivity (Wildman–Crippen MR) is 71.2 cm³/mol. The van der Waals surface area contributed by atoms with E-state index in [0.29, 0.717) is 0 Å². The molecule has 0 saturated heterocycles. The highest BCUT2D eigenvalue weighted by atomic mass is 79.9. The first-order chi connectivity index (χ1) is 8.90. The Morgan fingerprint density at radius 1 is 0.789 bits per heavy atom. The third-order valence-electron chi connectivity index (χ3n) is 2.53. The summed E-state index contributed by atoms with van der Waals surface area (Å²) in [5, 5.41) is 0. The molecule has 0 bridgehead atoms. The van der Waals surface area contributed by atoms with Gasteiger partial charge in [0, 0.05) is 10.0 Å². The number of rotatable bonds is 2. The van der Waals surface area contributed by atoms with Gasteiger partial charge in [-0.25, -0.2) is 17.6 Å². The van der Waals surface area contributed by atoms with Crippen molar-refractivity contribution in [2.75, 3.05) is 0 Å². The second-order valence-corrected chi connectivity index (χ2v) is 5.65. The maximum Gasteiger partial charge on any atom is 0.159 e. The lowest BCUT2D eigenvalue weighted by Crippen LogP contribution is -2.02. The first-order valence-corrected chi connectivity index (χ1v) is 6.84. The molecule has 0 amide bonds. The molecule has 1 unspecified atom stereocenters. The van der Waals surface area contributed by atoms with E-state index in [-0.39, 0.29) is 15.6 Å². The van der Waals surface area contributed by atoms with Crippen LogP contribution in [0.15, 0.2) is 34.8 Å². The lowest BCUT2D eigenvalue weighted by Gasteiger charge is -2.13. The Morgan fingerprint density at radius 3 is 1.89 bits per heavy atom. The monoisotopic (exact) mass is 396 g/mol. The van der Waals surface area contributed by atoms with Gasteiger partial charge in [-0.15, -0.1) is 0 Å². The zero-order valence-corrected chi connectivity index (χ0v) is 12.4. The highest BCUT2D eigenvalue weighted by Crippen LogP contribution is 2.35. The third kappa shape index (κ3) is 3.00. The largest absolute Gasteiger partial charge is 0.206 e. The minimum atomic E-state index is -1.07. The van der Waals surface area contributed by atoms with E-state index in [0.717, 1.165) is 24.3 Å². The molecule has 1 atom stereocenters. The van der Waals surface area contributed by atoms with Gasteiger partial charge < -0.3 is 0 Å². The molecule has 0 aromatic heterocycles. The predicted octanol–water partition coefficient (Wildman–Crippen LogP) is 5.49. The Morgan fingerprint density at radius 2 is 1.37 bits per heavy atom. The van der Waals surface area contributed by atoms with Crippen LogP contribution in [0.25, 0.3) is 0 Å². The van der Waals surface area contributed by atoms with Crippen molar-refractivity contribution in [1.29, 1.82) is 0 Å². The molecular formula is C13H6Br2F4. The molecular weight excluding hydrogens is 392 g/mol. The van der Waals surface area contributed by atoms with Crippen LogP contribution in [0.1, 0.15) is 16.0 Å². The van der Waals surface area contributed by atoms with Crippen molar-refractivity contribution in [3.8, 4) is 0 Å². The molecule has 6 heteroatoms. The van der Waals surface area contributed by atoms with E-state index < -0.39 is 28.1 Å². The van der Waals surface area contributed by atoms with E-state index in [1.807, 2.05) is 0 Å². The lowest BCUT2D eigenvalue weighted by molar-refractivity contribution is 0.506. The van der Waals surface area contributed by atoms with Crippen LogP contribution in [-0.2, 0) is 0 Å².